The van der Waals surface area contributed by atoms with Crippen LogP contribution in [0.3, 0.4) is 0 Å². The summed E-state index contributed by atoms with van der Waals surface area (Å²) in [5, 5.41) is 86.2. The number of hydrogen-bond acceptors (Lipinski definition) is 13. The summed E-state index contributed by atoms with van der Waals surface area (Å²) in [6, 6.07) is -0.939. The van der Waals surface area contributed by atoms with E-state index < -0.39 is 86.8 Å². The Kier molecular flexibility index (Phi) is 30.8. The average Bonchev–Trinajstić information content (AvgIpc) is 3.27. The number of rotatable bonds is 32. The number of amides is 1. The lowest BCUT2D eigenvalue weighted by atomic mass is 9.97. The molecule has 0 aromatic heterocycles. The fourth-order valence-corrected chi connectivity index (χ4v) is 6.82. The second kappa shape index (κ2) is 34.6. The highest BCUT2D eigenvalue weighted by atomic mass is 16.7. The zero-order valence-electron chi connectivity index (χ0n) is 37.1. The Balaban J connectivity index is 1.84. The summed E-state index contributed by atoms with van der Waals surface area (Å²) in [6.07, 6.45) is 26.6. The standard InChI is InChI=1S/C48H79NO13/c1-3-5-7-9-11-12-13-14-15-16-17-18-19-20-21-22-23-24-26-28-30-32-40(53)49-36(37(52)31-29-27-25-10-8-6-4-2)35-59-47-45(58)43(56)46(39(34-51)61-47)62-48-44(57)42(55)41(54)38(33-50)60-48/h5,7,11-12,14-15,17-18,20-21,23-24,29,31,36-39,41-48,50-52,54-58H,3-4,6,8-10,13,16,19,22,25-28,30,32-35H2,1-2H3,(H,49,53)/b7-5-,12-11-,15-14-,18-17-,21-20-,24-23-,31-29+. The molecule has 0 aliphatic carbocycles. The Morgan fingerprint density at radius 1 is 0.597 bits per heavy atom. The van der Waals surface area contributed by atoms with Gasteiger partial charge in [0.1, 0.15) is 48.8 Å². The summed E-state index contributed by atoms with van der Waals surface area (Å²) in [6.45, 7) is 2.53. The molecule has 0 spiro atoms. The van der Waals surface area contributed by atoms with E-state index in [0.717, 1.165) is 83.5 Å². The number of allylic oxidation sites excluding steroid dienone is 13. The molecule has 14 nitrogen and oxygen atoms in total. The third-order valence-electron chi connectivity index (χ3n) is 10.6. The number of nitrogens with one attached hydrogen (secondary N) is 1. The van der Waals surface area contributed by atoms with E-state index in [0.29, 0.717) is 6.42 Å². The topological polar surface area (TPSA) is 228 Å². The second-order valence-corrected chi connectivity index (χ2v) is 15.8. The van der Waals surface area contributed by atoms with E-state index in [4.69, 9.17) is 18.9 Å². The van der Waals surface area contributed by atoms with Crippen molar-refractivity contribution in [3.63, 3.8) is 0 Å². The molecular weight excluding hydrogens is 799 g/mol. The smallest absolute Gasteiger partial charge is 0.220 e. The largest absolute Gasteiger partial charge is 0.394 e. The molecule has 2 rings (SSSR count). The Hall–Kier alpha value is -2.83. The van der Waals surface area contributed by atoms with Crippen LogP contribution in [0.5, 0.6) is 0 Å². The maximum Gasteiger partial charge on any atom is 0.220 e. The molecule has 2 aliphatic heterocycles. The summed E-state index contributed by atoms with van der Waals surface area (Å²) in [5.41, 5.74) is 0. The summed E-state index contributed by atoms with van der Waals surface area (Å²) < 4.78 is 22.5. The second-order valence-electron chi connectivity index (χ2n) is 15.8. The number of aliphatic hydroxyl groups excluding tert-OH is 8. The molecule has 14 heteroatoms. The van der Waals surface area contributed by atoms with Crippen molar-refractivity contribution in [1.29, 1.82) is 0 Å². The summed E-state index contributed by atoms with van der Waals surface area (Å²) in [5.74, 6) is -0.292. The van der Waals surface area contributed by atoms with Gasteiger partial charge in [-0.05, 0) is 70.6 Å². The van der Waals surface area contributed by atoms with E-state index in [1.807, 2.05) is 6.08 Å². The molecule has 0 aromatic rings. The number of aliphatic hydroxyl groups is 8. The van der Waals surface area contributed by atoms with Crippen LogP contribution in [0.15, 0.2) is 85.1 Å². The van der Waals surface area contributed by atoms with Gasteiger partial charge in [0.25, 0.3) is 0 Å². The highest BCUT2D eigenvalue weighted by molar-refractivity contribution is 5.76. The van der Waals surface area contributed by atoms with Gasteiger partial charge in [-0.25, -0.2) is 0 Å². The first kappa shape index (κ1) is 55.3. The van der Waals surface area contributed by atoms with Crippen molar-refractivity contribution < 1.29 is 64.6 Å². The van der Waals surface area contributed by atoms with Gasteiger partial charge in [-0.3, -0.25) is 4.79 Å². The fourth-order valence-electron chi connectivity index (χ4n) is 6.82. The SMILES string of the molecule is CC/C=C\C/C=C\C/C=C\C/C=C\C/C=C\C/C=C\CCCCC(=O)NC(COC1OC(CO)C(OC2OC(CO)C(O)C(O)C2O)C(O)C1O)C(O)/C=C/CCCCCCC. The number of ether oxygens (including phenoxy) is 4. The molecule has 62 heavy (non-hydrogen) atoms. The van der Waals surface area contributed by atoms with Gasteiger partial charge in [0.15, 0.2) is 12.6 Å². The molecule has 354 valence electrons. The van der Waals surface area contributed by atoms with E-state index >= 15 is 0 Å². The van der Waals surface area contributed by atoms with Gasteiger partial charge in [-0.15, -0.1) is 0 Å². The van der Waals surface area contributed by atoms with Crippen LogP contribution in [0, 0.1) is 0 Å². The molecule has 1 amide bonds. The van der Waals surface area contributed by atoms with E-state index in [-0.39, 0.29) is 18.9 Å². The van der Waals surface area contributed by atoms with Gasteiger partial charge < -0.3 is 65.1 Å². The van der Waals surface area contributed by atoms with Gasteiger partial charge in [0, 0.05) is 6.42 Å². The normalized spacial score (nSPS) is 28.5. The molecule has 12 atom stereocenters. The van der Waals surface area contributed by atoms with Crippen molar-refractivity contribution in [1.82, 2.24) is 5.32 Å². The molecule has 12 unspecified atom stereocenters. The van der Waals surface area contributed by atoms with Crippen molar-refractivity contribution in [3.05, 3.63) is 85.1 Å². The maximum absolute atomic E-state index is 13.1. The van der Waals surface area contributed by atoms with Crippen LogP contribution < -0.4 is 5.32 Å². The molecule has 2 saturated heterocycles. The van der Waals surface area contributed by atoms with Crippen molar-refractivity contribution in [2.75, 3.05) is 19.8 Å². The predicted molar refractivity (Wildman–Crippen MR) is 239 cm³/mol. The Bertz CT molecular complexity index is 1360. The average molecular weight is 878 g/mol. The van der Waals surface area contributed by atoms with Crippen LogP contribution in [0.25, 0.3) is 0 Å². The van der Waals surface area contributed by atoms with Gasteiger partial charge >= 0.3 is 0 Å². The monoisotopic (exact) mass is 878 g/mol. The zero-order valence-corrected chi connectivity index (χ0v) is 37.1. The Morgan fingerprint density at radius 2 is 1.11 bits per heavy atom. The minimum atomic E-state index is -1.79. The number of hydrogen-bond donors (Lipinski definition) is 9. The first-order valence-electron chi connectivity index (χ1n) is 22.8. The molecule has 2 heterocycles. The third kappa shape index (κ3) is 22.2. The van der Waals surface area contributed by atoms with E-state index in [9.17, 15) is 45.6 Å². The fraction of sp³-hybridized carbons (Fsp3) is 0.688. The summed E-state index contributed by atoms with van der Waals surface area (Å²) in [7, 11) is 0. The van der Waals surface area contributed by atoms with Crippen molar-refractivity contribution in [3.8, 4) is 0 Å². The lowest BCUT2D eigenvalue weighted by Gasteiger charge is -2.46. The number of carbonyl (C=O) groups excluding carboxylic acids is 1. The van der Waals surface area contributed by atoms with E-state index in [2.05, 4.69) is 92.1 Å². The summed E-state index contributed by atoms with van der Waals surface area (Å²) >= 11 is 0. The van der Waals surface area contributed by atoms with Gasteiger partial charge in [-0.2, -0.15) is 0 Å². The van der Waals surface area contributed by atoms with Crippen molar-refractivity contribution in [2.45, 2.75) is 190 Å². The minimum Gasteiger partial charge on any atom is -0.394 e. The summed E-state index contributed by atoms with van der Waals surface area (Å²) in [4.78, 5) is 13.1. The minimum absolute atomic E-state index is 0.220. The van der Waals surface area contributed by atoms with Crippen LogP contribution >= 0.6 is 0 Å². The number of unbranched alkanes of at least 4 members (excludes halogenated alkanes) is 7. The third-order valence-corrected chi connectivity index (χ3v) is 10.6. The van der Waals surface area contributed by atoms with Crippen LogP contribution in [0.2, 0.25) is 0 Å². The quantitative estimate of drug-likeness (QED) is 0.0332. The van der Waals surface area contributed by atoms with Crippen molar-refractivity contribution in [2.24, 2.45) is 0 Å². The van der Waals surface area contributed by atoms with E-state index in [1.165, 1.54) is 6.42 Å². The van der Waals surface area contributed by atoms with Gasteiger partial charge in [0.2, 0.25) is 5.91 Å². The molecule has 9 N–H and O–H groups in total. The van der Waals surface area contributed by atoms with Gasteiger partial charge in [0.05, 0.1) is 32.0 Å². The molecule has 0 saturated carbocycles. The lowest BCUT2D eigenvalue weighted by Crippen LogP contribution is -2.65. The molecule has 0 aromatic carbocycles. The van der Waals surface area contributed by atoms with Crippen LogP contribution in [0.4, 0.5) is 0 Å². The maximum atomic E-state index is 13.1. The van der Waals surface area contributed by atoms with Crippen LogP contribution in [0.1, 0.15) is 117 Å². The van der Waals surface area contributed by atoms with Crippen LogP contribution in [-0.2, 0) is 23.7 Å². The van der Waals surface area contributed by atoms with E-state index in [1.54, 1.807) is 6.08 Å². The first-order chi connectivity index (χ1) is 30.1. The molecule has 2 fully saturated rings. The molecule has 0 radical (unpaired) electrons. The zero-order chi connectivity index (χ0) is 45.4. The lowest BCUT2D eigenvalue weighted by molar-refractivity contribution is -0.359. The highest BCUT2D eigenvalue weighted by Crippen LogP contribution is 2.29. The molecule has 2 aliphatic rings. The number of carbonyl (C=O) groups is 1. The Labute approximate surface area is 370 Å². The highest BCUT2D eigenvalue weighted by Gasteiger charge is 2.50. The Morgan fingerprint density at radius 3 is 1.69 bits per heavy atom. The van der Waals surface area contributed by atoms with Gasteiger partial charge in [-0.1, -0.05) is 125 Å². The first-order valence-corrected chi connectivity index (χ1v) is 22.8. The molecule has 0 bridgehead atoms. The van der Waals surface area contributed by atoms with Crippen LogP contribution in [-0.4, -0.2) is 140 Å². The molecular formula is C48H79NO13. The van der Waals surface area contributed by atoms with Crippen molar-refractivity contribution >= 4 is 5.91 Å². The predicted octanol–water partition coefficient (Wildman–Crippen LogP) is 4.65.